The van der Waals surface area contributed by atoms with Crippen molar-refractivity contribution in [2.24, 2.45) is 0 Å². The molecule has 0 spiro atoms. The fourth-order valence-corrected chi connectivity index (χ4v) is 3.20. The Bertz CT molecular complexity index is 681. The van der Waals surface area contributed by atoms with Crippen LogP contribution in [0.1, 0.15) is 12.8 Å². The van der Waals surface area contributed by atoms with Crippen LogP contribution in [0.3, 0.4) is 0 Å². The van der Waals surface area contributed by atoms with Crippen molar-refractivity contribution in [2.45, 2.75) is 12.8 Å². The first-order chi connectivity index (χ1) is 12.2. The van der Waals surface area contributed by atoms with E-state index in [4.69, 9.17) is 0 Å². The third-order valence-electron chi connectivity index (χ3n) is 3.45. The molecule has 0 aromatic carbocycles. The first-order valence-corrected chi connectivity index (χ1v) is 11.3. The third kappa shape index (κ3) is 15.6. The second-order valence-electron chi connectivity index (χ2n) is 5.76. The molecule has 0 atom stereocenters. The van der Waals surface area contributed by atoms with Gasteiger partial charge in [0, 0.05) is 37.7 Å². The molecular formula is C16H24N2NiO6S2. The zero-order valence-electron chi connectivity index (χ0n) is 14.8. The topological polar surface area (TPSA) is 121 Å². The van der Waals surface area contributed by atoms with Gasteiger partial charge in [-0.3, -0.25) is 0 Å². The van der Waals surface area contributed by atoms with Gasteiger partial charge < -0.3 is 18.9 Å². The van der Waals surface area contributed by atoms with Gasteiger partial charge >= 0.3 is 16.5 Å². The van der Waals surface area contributed by atoms with Crippen LogP contribution in [0.2, 0.25) is 0 Å². The molecule has 0 N–H and O–H groups in total. The second kappa shape index (κ2) is 13.1. The van der Waals surface area contributed by atoms with Crippen molar-refractivity contribution in [1.82, 2.24) is 9.80 Å². The summed E-state index contributed by atoms with van der Waals surface area (Å²) in [5.41, 5.74) is 0. The summed E-state index contributed by atoms with van der Waals surface area (Å²) < 4.78 is 61.6. The molecule has 0 saturated carbocycles. The van der Waals surface area contributed by atoms with Gasteiger partial charge in [0.1, 0.15) is 0 Å². The monoisotopic (exact) mass is 462 g/mol. The summed E-state index contributed by atoms with van der Waals surface area (Å²) >= 11 is 0. The van der Waals surface area contributed by atoms with E-state index in [2.05, 4.69) is 0 Å². The minimum atomic E-state index is -4.04. The van der Waals surface area contributed by atoms with Crippen LogP contribution in [-0.4, -0.2) is 73.4 Å². The molecule has 2 rings (SSSR count). The number of hydrogen-bond donors (Lipinski definition) is 0. The van der Waals surface area contributed by atoms with Crippen LogP contribution in [0.4, 0.5) is 0 Å². The first-order valence-electron chi connectivity index (χ1n) is 8.18. The molecule has 0 amide bonds. The molecular weight excluding hydrogens is 439 g/mol. The van der Waals surface area contributed by atoms with Crippen LogP contribution in [0, 0.1) is 0 Å². The summed E-state index contributed by atoms with van der Waals surface area (Å²) in [5, 5.41) is 0. The average molecular weight is 463 g/mol. The molecule has 0 saturated heterocycles. The van der Waals surface area contributed by atoms with Crippen LogP contribution < -0.4 is 0 Å². The summed E-state index contributed by atoms with van der Waals surface area (Å²) in [6, 6.07) is 0. The zero-order chi connectivity index (χ0) is 19.5. The standard InChI is InChI=1S/2C8H13NO3S.Ni/c2*10-13(11,12)8-4-7-9-5-2-1-3-6-9;/h2*1-3,5H,4,6-8H2,(H,10,11,12);/q;;+2/p-2. The smallest absolute Gasteiger partial charge is 0.748 e. The van der Waals surface area contributed by atoms with Gasteiger partial charge in [-0.15, -0.1) is 0 Å². The van der Waals surface area contributed by atoms with E-state index >= 15 is 0 Å². The quantitative estimate of drug-likeness (QED) is 0.380. The molecule has 27 heavy (non-hydrogen) atoms. The van der Waals surface area contributed by atoms with Gasteiger partial charge in [-0.05, 0) is 37.4 Å². The molecule has 156 valence electrons. The van der Waals surface area contributed by atoms with Crippen molar-refractivity contribution in [3.05, 3.63) is 48.9 Å². The fraction of sp³-hybridized carbons (Fsp3) is 0.500. The molecule has 0 aromatic rings. The van der Waals surface area contributed by atoms with Crippen molar-refractivity contribution in [3.8, 4) is 0 Å². The van der Waals surface area contributed by atoms with Crippen molar-refractivity contribution < 1.29 is 42.4 Å². The number of rotatable bonds is 8. The maximum absolute atomic E-state index is 10.3. The molecule has 2 aliphatic rings. The molecule has 0 radical (unpaired) electrons. The average Bonchev–Trinajstić information content (AvgIpc) is 2.55. The SMILES string of the molecule is O=S(=O)([O-])CCCN1C=CC=CC1.O=S(=O)([O-])CCCN1C=CC=CC1.[Ni+2]. The van der Waals surface area contributed by atoms with Gasteiger partial charge in [0.25, 0.3) is 0 Å². The van der Waals surface area contributed by atoms with Gasteiger partial charge in [-0.2, -0.15) is 0 Å². The molecule has 2 heterocycles. The number of nitrogens with zero attached hydrogens (tertiary/aromatic N) is 2. The van der Waals surface area contributed by atoms with E-state index in [9.17, 15) is 25.9 Å². The Labute approximate surface area is 171 Å². The van der Waals surface area contributed by atoms with E-state index in [0.717, 1.165) is 13.1 Å². The Morgan fingerprint density at radius 1 is 0.704 bits per heavy atom. The van der Waals surface area contributed by atoms with Crippen molar-refractivity contribution in [1.29, 1.82) is 0 Å². The Balaban J connectivity index is 0.000000483. The van der Waals surface area contributed by atoms with E-state index in [1.165, 1.54) is 0 Å². The maximum atomic E-state index is 10.3. The van der Waals surface area contributed by atoms with Crippen LogP contribution in [0.25, 0.3) is 0 Å². The van der Waals surface area contributed by atoms with Crippen molar-refractivity contribution in [2.75, 3.05) is 37.7 Å². The number of hydrogen-bond acceptors (Lipinski definition) is 8. The van der Waals surface area contributed by atoms with Gasteiger partial charge in [0.2, 0.25) is 0 Å². The Morgan fingerprint density at radius 2 is 1.07 bits per heavy atom. The van der Waals surface area contributed by atoms with Crippen molar-refractivity contribution >= 4 is 20.2 Å². The Hall–Kier alpha value is -1.13. The summed E-state index contributed by atoms with van der Waals surface area (Å²) in [4.78, 5) is 3.93. The second-order valence-corrected chi connectivity index (χ2v) is 8.81. The fourth-order valence-electron chi connectivity index (χ4n) is 2.23. The molecule has 0 fully saturated rings. The summed E-state index contributed by atoms with van der Waals surface area (Å²) in [7, 11) is -8.09. The molecule has 0 bridgehead atoms. The van der Waals surface area contributed by atoms with Crippen LogP contribution in [0.5, 0.6) is 0 Å². The first kappa shape index (κ1) is 25.9. The predicted molar refractivity (Wildman–Crippen MR) is 98.1 cm³/mol. The summed E-state index contributed by atoms with van der Waals surface area (Å²) in [5.74, 6) is -0.553. The third-order valence-corrected chi connectivity index (χ3v) is 5.02. The molecule has 2 aliphatic heterocycles. The predicted octanol–water partition coefficient (Wildman–Crippen LogP) is 0.612. The summed E-state index contributed by atoms with van der Waals surface area (Å²) in [6.07, 6.45) is 16.1. The van der Waals surface area contributed by atoms with E-state index in [-0.39, 0.29) is 28.0 Å². The maximum Gasteiger partial charge on any atom is 2.00 e. The van der Waals surface area contributed by atoms with E-state index in [1.807, 2.05) is 58.7 Å². The largest absolute Gasteiger partial charge is 2.00 e. The normalized spacial score (nSPS) is 15.9. The summed E-state index contributed by atoms with van der Waals surface area (Å²) in [6.45, 7) is 2.80. The molecule has 0 aromatic heterocycles. The Morgan fingerprint density at radius 3 is 1.33 bits per heavy atom. The molecule has 11 heteroatoms. The van der Waals surface area contributed by atoms with Gasteiger partial charge in [0.05, 0.1) is 20.2 Å². The molecule has 0 aliphatic carbocycles. The minimum absolute atomic E-state index is 0. The van der Waals surface area contributed by atoms with Gasteiger partial charge in [-0.25, -0.2) is 16.8 Å². The molecule has 8 nitrogen and oxygen atoms in total. The van der Waals surface area contributed by atoms with E-state index in [0.29, 0.717) is 25.9 Å². The van der Waals surface area contributed by atoms with Gasteiger partial charge in [-0.1, -0.05) is 24.3 Å². The van der Waals surface area contributed by atoms with Gasteiger partial charge in [0.15, 0.2) is 0 Å². The van der Waals surface area contributed by atoms with Crippen LogP contribution in [-0.2, 0) is 36.7 Å². The van der Waals surface area contributed by atoms with Crippen LogP contribution >= 0.6 is 0 Å². The number of allylic oxidation sites excluding steroid dienone is 4. The Kier molecular flexibility index (Phi) is 12.6. The zero-order valence-corrected chi connectivity index (χ0v) is 17.4. The van der Waals surface area contributed by atoms with Crippen molar-refractivity contribution in [3.63, 3.8) is 0 Å². The molecule has 0 unspecified atom stereocenters. The van der Waals surface area contributed by atoms with E-state index in [1.54, 1.807) is 0 Å². The minimum Gasteiger partial charge on any atom is -0.748 e. The van der Waals surface area contributed by atoms with E-state index < -0.39 is 20.2 Å². The van der Waals surface area contributed by atoms with Crippen LogP contribution in [0.15, 0.2) is 48.9 Å².